The van der Waals surface area contributed by atoms with Crippen LogP contribution in [0.2, 0.25) is 0 Å². The quantitative estimate of drug-likeness (QED) is 0.165. The Labute approximate surface area is 348 Å². The number of rotatable bonds is 5. The fourth-order valence-electron chi connectivity index (χ4n) is 9.00. The van der Waals surface area contributed by atoms with Gasteiger partial charge in [0.1, 0.15) is 0 Å². The van der Waals surface area contributed by atoms with Crippen LogP contribution in [0.25, 0.3) is 88.4 Å². The minimum absolute atomic E-state index is 0.123. The average Bonchev–Trinajstić information content (AvgIpc) is 3.75. The van der Waals surface area contributed by atoms with Crippen LogP contribution in [0, 0.1) is 6.92 Å². The van der Waals surface area contributed by atoms with E-state index in [4.69, 9.17) is 0 Å². The molecule has 0 bridgehead atoms. The normalized spacial score (nSPS) is 12.3. The predicted molar refractivity (Wildman–Crippen MR) is 254 cm³/mol. The van der Waals surface area contributed by atoms with Crippen LogP contribution in [0.15, 0.2) is 176 Å². The maximum absolute atomic E-state index is 2.44. The van der Waals surface area contributed by atoms with E-state index in [1.54, 1.807) is 0 Å². The van der Waals surface area contributed by atoms with Gasteiger partial charge in [-0.1, -0.05) is 156 Å². The molecule has 0 radical (unpaired) electrons. The summed E-state index contributed by atoms with van der Waals surface area (Å²) in [5.74, 6) is 0. The molecule has 59 heavy (non-hydrogen) atoms. The molecule has 10 rings (SSSR count). The third-order valence-electron chi connectivity index (χ3n) is 12.3. The van der Waals surface area contributed by atoms with Crippen molar-refractivity contribution >= 4 is 43.6 Å². The third-order valence-corrected chi connectivity index (χ3v) is 12.3. The molecule has 2 nitrogen and oxygen atoms in total. The highest BCUT2D eigenvalue weighted by Gasteiger charge is 2.19. The lowest BCUT2D eigenvalue weighted by atomic mass is 9.86. The number of nitrogens with zero attached hydrogens (tertiary/aromatic N) is 2. The van der Waals surface area contributed by atoms with Gasteiger partial charge in [-0.25, -0.2) is 0 Å². The molecule has 0 N–H and O–H groups in total. The van der Waals surface area contributed by atoms with Gasteiger partial charge in [-0.3, -0.25) is 0 Å². The lowest BCUT2D eigenvalue weighted by Crippen LogP contribution is -2.10. The predicted octanol–water partition coefficient (Wildman–Crippen LogP) is 15.8. The molecule has 0 unspecified atom stereocenters. The Bertz CT molecular complexity index is 3210. The molecule has 288 valence electrons. The molecule has 0 amide bonds. The Morgan fingerprint density at radius 3 is 1.19 bits per heavy atom. The lowest BCUT2D eigenvalue weighted by Gasteiger charge is -2.19. The summed E-state index contributed by atoms with van der Waals surface area (Å²) in [6, 6.07) is 65.8. The van der Waals surface area contributed by atoms with Crippen LogP contribution in [-0.4, -0.2) is 9.13 Å². The van der Waals surface area contributed by atoms with Crippen molar-refractivity contribution in [2.24, 2.45) is 0 Å². The molecule has 0 atom stereocenters. The highest BCUT2D eigenvalue weighted by molar-refractivity contribution is 6.13. The summed E-state index contributed by atoms with van der Waals surface area (Å²) in [5, 5.41) is 5.04. The van der Waals surface area contributed by atoms with Crippen LogP contribution in [0.1, 0.15) is 58.2 Å². The molecule has 0 aliphatic rings. The smallest absolute Gasteiger partial charge is 0.0541 e. The zero-order valence-electron chi connectivity index (χ0n) is 35.1. The molecule has 0 aliphatic heterocycles. The highest BCUT2D eigenvalue weighted by Crippen LogP contribution is 2.40. The molecule has 10 aromatic rings. The first kappa shape index (κ1) is 36.7. The number of fused-ring (bicyclic) bond motifs is 6. The largest absolute Gasteiger partial charge is 0.309 e. The van der Waals surface area contributed by atoms with E-state index in [1.807, 2.05) is 0 Å². The van der Waals surface area contributed by atoms with Crippen molar-refractivity contribution in [1.29, 1.82) is 0 Å². The molecule has 0 fully saturated rings. The zero-order chi connectivity index (χ0) is 40.6. The van der Waals surface area contributed by atoms with Crippen LogP contribution < -0.4 is 0 Å². The maximum Gasteiger partial charge on any atom is 0.0541 e. The van der Waals surface area contributed by atoms with Gasteiger partial charge < -0.3 is 9.13 Å². The van der Waals surface area contributed by atoms with E-state index in [-0.39, 0.29) is 10.8 Å². The second kappa shape index (κ2) is 13.7. The summed E-state index contributed by atoms with van der Waals surface area (Å²) in [7, 11) is 0. The van der Waals surface area contributed by atoms with Gasteiger partial charge in [0.05, 0.1) is 22.1 Å². The highest BCUT2D eigenvalue weighted by atomic mass is 15.0. The van der Waals surface area contributed by atoms with Gasteiger partial charge in [0, 0.05) is 32.9 Å². The van der Waals surface area contributed by atoms with Gasteiger partial charge in [-0.15, -0.1) is 0 Å². The van der Waals surface area contributed by atoms with Gasteiger partial charge in [0.2, 0.25) is 0 Å². The number of hydrogen-bond acceptors (Lipinski definition) is 0. The molecular formula is C57H50N2. The third kappa shape index (κ3) is 6.44. The minimum atomic E-state index is 0.123. The molecule has 8 aromatic carbocycles. The summed E-state index contributed by atoms with van der Waals surface area (Å²) in [4.78, 5) is 0. The van der Waals surface area contributed by atoms with E-state index in [2.05, 4.69) is 234 Å². The number of aryl methyl sites for hydroxylation is 1. The Hall–Kier alpha value is -6.64. The van der Waals surface area contributed by atoms with Crippen LogP contribution in [-0.2, 0) is 10.8 Å². The molecule has 2 aromatic heterocycles. The number of hydrogen-bond donors (Lipinski definition) is 0. The van der Waals surface area contributed by atoms with E-state index >= 15 is 0 Å². The van der Waals surface area contributed by atoms with E-state index in [0.717, 1.165) is 5.69 Å². The van der Waals surface area contributed by atoms with Crippen LogP contribution in [0.4, 0.5) is 0 Å². The topological polar surface area (TPSA) is 9.86 Å². The van der Waals surface area contributed by atoms with Gasteiger partial charge in [0.25, 0.3) is 0 Å². The number of aromatic nitrogens is 2. The second-order valence-electron chi connectivity index (χ2n) is 18.4. The van der Waals surface area contributed by atoms with Crippen molar-refractivity contribution in [3.63, 3.8) is 0 Å². The molecule has 0 saturated heterocycles. The van der Waals surface area contributed by atoms with Crippen LogP contribution >= 0.6 is 0 Å². The first-order valence-corrected chi connectivity index (χ1v) is 20.9. The molecule has 0 aliphatic carbocycles. The Balaban J connectivity index is 1.07. The van der Waals surface area contributed by atoms with Crippen molar-refractivity contribution in [3.05, 3.63) is 193 Å². The average molecular weight is 763 g/mol. The SMILES string of the molecule is Cc1ccc2c(c1)c1cc(-c3ccc4c(c3)c3ccccc3n4-c3cccc(-c4ccc(C(C)(C)C)cc4)c3)ccc1n2-c1cccc(-c2ccc(C(C)(C)C)cc2)c1. The second-order valence-corrected chi connectivity index (χ2v) is 18.4. The van der Waals surface area contributed by atoms with Crippen molar-refractivity contribution in [2.75, 3.05) is 0 Å². The summed E-state index contributed by atoms with van der Waals surface area (Å²) >= 11 is 0. The fraction of sp³-hybridized carbons (Fsp3) is 0.158. The minimum Gasteiger partial charge on any atom is -0.309 e. The van der Waals surface area contributed by atoms with Gasteiger partial charge in [0.15, 0.2) is 0 Å². The van der Waals surface area contributed by atoms with Crippen molar-refractivity contribution in [2.45, 2.75) is 59.3 Å². The van der Waals surface area contributed by atoms with E-state index in [0.29, 0.717) is 0 Å². The van der Waals surface area contributed by atoms with Crippen molar-refractivity contribution in [3.8, 4) is 44.8 Å². The summed E-state index contributed by atoms with van der Waals surface area (Å²) < 4.78 is 4.86. The first-order valence-electron chi connectivity index (χ1n) is 20.9. The standard InChI is InChI=1S/C57H50N2/c1-37-18-29-53-49(32-37)51-36-43(24-31-55(51)59(53)47-15-11-13-41(34-47)39-21-27-45(28-22-39)57(5,6)7)42-23-30-54-50(35-42)48-16-8-9-17-52(48)58(54)46-14-10-12-40(33-46)38-19-25-44(26-20-38)56(2,3)4/h8-36H,1-7H3. The van der Waals surface area contributed by atoms with Crippen LogP contribution in [0.5, 0.6) is 0 Å². The molecule has 0 saturated carbocycles. The van der Waals surface area contributed by atoms with Gasteiger partial charge in [-0.05, 0) is 129 Å². The molecule has 2 heterocycles. The summed E-state index contributed by atoms with van der Waals surface area (Å²) in [6.07, 6.45) is 0. The first-order chi connectivity index (χ1) is 28.4. The van der Waals surface area contributed by atoms with Crippen molar-refractivity contribution in [1.82, 2.24) is 9.13 Å². The number of benzene rings is 8. The summed E-state index contributed by atoms with van der Waals surface area (Å²) in [5.41, 5.74) is 18.7. The van der Waals surface area contributed by atoms with E-state index in [1.165, 1.54) is 99.4 Å². The number of para-hydroxylation sites is 1. The Morgan fingerprint density at radius 2 is 0.695 bits per heavy atom. The fourth-order valence-corrected chi connectivity index (χ4v) is 9.00. The van der Waals surface area contributed by atoms with Gasteiger partial charge >= 0.3 is 0 Å². The lowest BCUT2D eigenvalue weighted by molar-refractivity contribution is 0.590. The monoisotopic (exact) mass is 762 g/mol. The van der Waals surface area contributed by atoms with E-state index in [9.17, 15) is 0 Å². The van der Waals surface area contributed by atoms with E-state index < -0.39 is 0 Å². The molecule has 0 spiro atoms. The van der Waals surface area contributed by atoms with Crippen molar-refractivity contribution < 1.29 is 0 Å². The van der Waals surface area contributed by atoms with Gasteiger partial charge in [-0.2, -0.15) is 0 Å². The maximum atomic E-state index is 2.44. The van der Waals surface area contributed by atoms with Crippen LogP contribution in [0.3, 0.4) is 0 Å². The Kier molecular flexibility index (Phi) is 8.54. The molecule has 2 heteroatoms. The Morgan fingerprint density at radius 1 is 0.305 bits per heavy atom. The zero-order valence-corrected chi connectivity index (χ0v) is 35.1. The summed E-state index contributed by atoms with van der Waals surface area (Å²) in [6.45, 7) is 15.8. The molecular weight excluding hydrogens is 713 g/mol.